The van der Waals surface area contributed by atoms with Crippen LogP contribution in [-0.2, 0) is 10.2 Å². The van der Waals surface area contributed by atoms with Gasteiger partial charge in [-0.15, -0.1) is 23.5 Å². The Kier molecular flexibility index (Phi) is 5.99. The predicted molar refractivity (Wildman–Crippen MR) is 130 cm³/mol. The molecule has 1 saturated carbocycles. The van der Waals surface area contributed by atoms with Crippen LogP contribution in [0.1, 0.15) is 37.3 Å². The molecule has 4 aliphatic rings. The molecule has 0 unspecified atom stereocenters. The molecule has 2 saturated heterocycles. The first-order valence-corrected chi connectivity index (χ1v) is 13.6. The van der Waals surface area contributed by atoms with Gasteiger partial charge in [-0.3, -0.25) is 4.79 Å². The van der Waals surface area contributed by atoms with Crippen LogP contribution in [0.25, 0.3) is 0 Å². The zero-order valence-electron chi connectivity index (χ0n) is 19.0. The van der Waals surface area contributed by atoms with Gasteiger partial charge in [0.2, 0.25) is 5.91 Å². The Labute approximate surface area is 195 Å². The van der Waals surface area contributed by atoms with Gasteiger partial charge in [0.05, 0.1) is 10.1 Å². The van der Waals surface area contributed by atoms with E-state index in [1.165, 1.54) is 11.1 Å². The smallest absolute Gasteiger partial charge is 0.221 e. The fourth-order valence-corrected chi connectivity index (χ4v) is 9.11. The third-order valence-electron chi connectivity index (χ3n) is 7.75. The van der Waals surface area contributed by atoms with E-state index in [0.29, 0.717) is 6.42 Å². The van der Waals surface area contributed by atoms with E-state index in [9.17, 15) is 4.79 Å². The topological polar surface area (TPSA) is 44.8 Å². The van der Waals surface area contributed by atoms with E-state index in [2.05, 4.69) is 54.2 Å². The van der Waals surface area contributed by atoms with Crippen LogP contribution in [0, 0.1) is 6.92 Å². The van der Waals surface area contributed by atoms with E-state index >= 15 is 0 Å². The number of likely N-dealkylation sites (N-methyl/N-ethyl adjacent to an activating group) is 1. The van der Waals surface area contributed by atoms with Crippen LogP contribution in [0.5, 0.6) is 5.75 Å². The third kappa shape index (κ3) is 4.00. The van der Waals surface area contributed by atoms with Crippen LogP contribution in [0.3, 0.4) is 0 Å². The lowest BCUT2D eigenvalue weighted by atomic mass is 9.67. The third-order valence-corrected chi connectivity index (χ3v) is 11.4. The molecule has 1 spiro atoms. The minimum absolute atomic E-state index is 0.00346. The molecule has 31 heavy (non-hydrogen) atoms. The monoisotopic (exact) mass is 461 g/mol. The molecule has 3 heterocycles. The van der Waals surface area contributed by atoms with Crippen LogP contribution in [0.2, 0.25) is 0 Å². The molecule has 5 nitrogen and oxygen atoms in total. The lowest BCUT2D eigenvalue weighted by Gasteiger charge is -2.49. The fourth-order valence-electron chi connectivity index (χ4n) is 5.70. The molecule has 3 aliphatic heterocycles. The van der Waals surface area contributed by atoms with E-state index in [-0.39, 0.29) is 27.5 Å². The summed E-state index contributed by atoms with van der Waals surface area (Å²) in [7, 11) is 2.17. The van der Waals surface area contributed by atoms with Gasteiger partial charge >= 0.3 is 0 Å². The normalized spacial score (nSPS) is 32.5. The number of carbonyl (C=O) groups excluding carboxylic acids is 1. The molecule has 170 valence electrons. The SMILES string of the molecule is Cc1ccc2c(c1)[C@]1(C)CCC3(SCCS3)[C@H](NC(=O)CCN3CCN(C)CC3)[C@@H]1O2. The van der Waals surface area contributed by atoms with Crippen molar-refractivity contribution in [1.82, 2.24) is 15.1 Å². The van der Waals surface area contributed by atoms with Crippen molar-refractivity contribution in [3.05, 3.63) is 29.3 Å². The second-order valence-corrected chi connectivity index (χ2v) is 13.0. The van der Waals surface area contributed by atoms with E-state index < -0.39 is 0 Å². The van der Waals surface area contributed by atoms with Gasteiger partial charge in [0, 0.05) is 61.6 Å². The number of nitrogens with one attached hydrogen (secondary N) is 1. The molecule has 1 aromatic carbocycles. The summed E-state index contributed by atoms with van der Waals surface area (Å²) in [5.41, 5.74) is 2.57. The van der Waals surface area contributed by atoms with Gasteiger partial charge in [0.25, 0.3) is 0 Å². The first-order valence-electron chi connectivity index (χ1n) is 11.7. The van der Waals surface area contributed by atoms with Crippen molar-refractivity contribution >= 4 is 29.4 Å². The van der Waals surface area contributed by atoms with E-state index in [1.807, 2.05) is 23.5 Å². The Hall–Kier alpha value is -0.890. The van der Waals surface area contributed by atoms with Gasteiger partial charge in [-0.2, -0.15) is 0 Å². The molecule has 1 N–H and O–H groups in total. The number of hydrogen-bond acceptors (Lipinski definition) is 6. The molecule has 3 fully saturated rings. The summed E-state index contributed by atoms with van der Waals surface area (Å²) in [5, 5.41) is 3.50. The first kappa shape index (κ1) is 21.9. The Morgan fingerprint density at radius 3 is 2.68 bits per heavy atom. The second kappa shape index (κ2) is 8.47. The Morgan fingerprint density at radius 1 is 1.19 bits per heavy atom. The molecule has 0 bridgehead atoms. The van der Waals surface area contributed by atoms with Gasteiger partial charge in [-0.1, -0.05) is 24.6 Å². The summed E-state index contributed by atoms with van der Waals surface area (Å²) in [5.74, 6) is 3.51. The summed E-state index contributed by atoms with van der Waals surface area (Å²) in [6.45, 7) is 9.65. The lowest BCUT2D eigenvalue weighted by Crippen LogP contribution is -2.64. The first-order chi connectivity index (χ1) is 14.9. The van der Waals surface area contributed by atoms with Crippen molar-refractivity contribution in [2.75, 3.05) is 51.3 Å². The van der Waals surface area contributed by atoms with Crippen molar-refractivity contribution in [1.29, 1.82) is 0 Å². The highest BCUT2D eigenvalue weighted by atomic mass is 32.2. The Bertz CT molecular complexity index is 836. The number of thioether (sulfide) groups is 2. The number of fused-ring (bicyclic) bond motifs is 3. The van der Waals surface area contributed by atoms with Crippen LogP contribution in [0.15, 0.2) is 18.2 Å². The average molecular weight is 462 g/mol. The van der Waals surface area contributed by atoms with Crippen LogP contribution < -0.4 is 10.1 Å². The van der Waals surface area contributed by atoms with Crippen molar-refractivity contribution < 1.29 is 9.53 Å². The maximum absolute atomic E-state index is 13.2. The van der Waals surface area contributed by atoms with Gasteiger partial charge in [0.1, 0.15) is 11.9 Å². The Morgan fingerprint density at radius 2 is 1.94 bits per heavy atom. The van der Waals surface area contributed by atoms with Crippen molar-refractivity contribution in [2.45, 2.75) is 54.7 Å². The van der Waals surface area contributed by atoms with Gasteiger partial charge in [-0.05, 0) is 32.9 Å². The molecular weight excluding hydrogens is 426 g/mol. The summed E-state index contributed by atoms with van der Waals surface area (Å²) in [6.07, 6.45) is 2.81. The number of hydrogen-bond donors (Lipinski definition) is 1. The summed E-state index contributed by atoms with van der Waals surface area (Å²) >= 11 is 4.09. The minimum atomic E-state index is -0.0360. The maximum Gasteiger partial charge on any atom is 0.221 e. The average Bonchev–Trinajstić information content (AvgIpc) is 3.34. The number of nitrogens with zero attached hydrogens (tertiary/aromatic N) is 2. The molecule has 0 radical (unpaired) electrons. The standard InChI is InChI=1S/C24H35N3O2S2/c1-17-4-5-19-18(16-17)23(2)7-8-24(30-14-15-31-24)21(22(23)29-19)25-20(28)6-9-27-12-10-26(3)11-13-27/h4-5,16,21-22H,6-15H2,1-3H3,(H,25,28)/t21-,22+,23+/m1/s1. The highest BCUT2D eigenvalue weighted by Crippen LogP contribution is 2.60. The van der Waals surface area contributed by atoms with E-state index in [0.717, 1.165) is 62.8 Å². The van der Waals surface area contributed by atoms with Crippen molar-refractivity contribution in [2.24, 2.45) is 0 Å². The van der Waals surface area contributed by atoms with Gasteiger partial charge in [-0.25, -0.2) is 0 Å². The number of rotatable bonds is 4. The minimum Gasteiger partial charge on any atom is -0.487 e. The molecule has 3 atom stereocenters. The molecule has 5 rings (SSSR count). The van der Waals surface area contributed by atoms with Crippen LogP contribution in [-0.4, -0.2) is 83.2 Å². The highest BCUT2D eigenvalue weighted by Gasteiger charge is 2.61. The summed E-state index contributed by atoms with van der Waals surface area (Å²) in [4.78, 5) is 17.9. The molecule has 7 heteroatoms. The van der Waals surface area contributed by atoms with Gasteiger partial charge < -0.3 is 19.9 Å². The fraction of sp³-hybridized carbons (Fsp3) is 0.708. The summed E-state index contributed by atoms with van der Waals surface area (Å²) < 4.78 is 6.66. The van der Waals surface area contributed by atoms with Crippen LogP contribution in [0.4, 0.5) is 0 Å². The quantitative estimate of drug-likeness (QED) is 0.743. The van der Waals surface area contributed by atoms with Gasteiger partial charge in [0.15, 0.2) is 0 Å². The number of piperazine rings is 1. The lowest BCUT2D eigenvalue weighted by molar-refractivity contribution is -0.123. The number of aryl methyl sites for hydroxylation is 1. The number of ether oxygens (including phenoxy) is 1. The molecule has 1 aliphatic carbocycles. The predicted octanol–water partition coefficient (Wildman–Crippen LogP) is 3.11. The van der Waals surface area contributed by atoms with E-state index in [4.69, 9.17) is 4.74 Å². The molecular formula is C24H35N3O2S2. The number of benzene rings is 1. The maximum atomic E-state index is 13.2. The second-order valence-electron chi connectivity index (χ2n) is 9.90. The zero-order chi connectivity index (χ0) is 21.6. The van der Waals surface area contributed by atoms with Crippen LogP contribution >= 0.6 is 23.5 Å². The van der Waals surface area contributed by atoms with E-state index in [1.54, 1.807) is 0 Å². The Balaban J connectivity index is 1.33. The number of amides is 1. The largest absolute Gasteiger partial charge is 0.487 e. The molecule has 1 amide bonds. The highest BCUT2D eigenvalue weighted by molar-refractivity contribution is 8.21. The molecule has 0 aromatic heterocycles. The van der Waals surface area contributed by atoms with Crippen molar-refractivity contribution in [3.63, 3.8) is 0 Å². The van der Waals surface area contributed by atoms with Crippen molar-refractivity contribution in [3.8, 4) is 5.75 Å². The zero-order valence-corrected chi connectivity index (χ0v) is 20.6. The molecule has 1 aromatic rings. The summed E-state index contributed by atoms with van der Waals surface area (Å²) in [6, 6.07) is 6.60. The number of carbonyl (C=O) groups is 1.